The van der Waals surface area contributed by atoms with E-state index in [-0.39, 0.29) is 0 Å². The monoisotopic (exact) mass is 398 g/mol. The van der Waals surface area contributed by atoms with Gasteiger partial charge in [-0.05, 0) is 102 Å². The van der Waals surface area contributed by atoms with E-state index in [9.17, 15) is 9.90 Å². The lowest BCUT2D eigenvalue weighted by molar-refractivity contribution is -0.131. The summed E-state index contributed by atoms with van der Waals surface area (Å²) in [5, 5.41) is 18.9. The van der Waals surface area contributed by atoms with Gasteiger partial charge in [0.1, 0.15) is 5.75 Å². The van der Waals surface area contributed by atoms with Crippen LogP contribution in [-0.4, -0.2) is 16.2 Å². The number of phenolic OH excluding ortho intramolecular Hbond substituents is 1. The van der Waals surface area contributed by atoms with Crippen molar-refractivity contribution in [2.75, 3.05) is 0 Å². The van der Waals surface area contributed by atoms with Gasteiger partial charge in [0.2, 0.25) is 0 Å². The van der Waals surface area contributed by atoms with Gasteiger partial charge < -0.3 is 10.2 Å². The Morgan fingerprint density at radius 1 is 0.933 bits per heavy atom. The zero-order valence-corrected chi connectivity index (χ0v) is 17.1. The van der Waals surface area contributed by atoms with Crippen LogP contribution in [0.15, 0.2) is 60.2 Å². The lowest BCUT2D eigenvalue weighted by Crippen LogP contribution is -2.61. The maximum absolute atomic E-state index is 11.0. The molecule has 3 nitrogen and oxygen atoms in total. The van der Waals surface area contributed by atoms with Gasteiger partial charge in [-0.2, -0.15) is 0 Å². The first-order chi connectivity index (χ1) is 14.5. The fourth-order valence-electron chi connectivity index (χ4n) is 7.48. The van der Waals surface area contributed by atoms with E-state index in [1.807, 2.05) is 31.2 Å². The fraction of sp³-hybridized carbons (Fsp3) is 0.370. The predicted octanol–water partition coefficient (Wildman–Crippen LogP) is 5.75. The molecule has 152 valence electrons. The first kappa shape index (κ1) is 18.0. The van der Waals surface area contributed by atoms with Crippen molar-refractivity contribution in [3.8, 4) is 5.75 Å². The highest BCUT2D eigenvalue weighted by molar-refractivity contribution is 5.90. The zero-order valence-electron chi connectivity index (χ0n) is 17.1. The first-order valence-corrected chi connectivity index (χ1v) is 11.0. The molecule has 0 heterocycles. The van der Waals surface area contributed by atoms with E-state index in [4.69, 9.17) is 5.11 Å². The molecule has 0 radical (unpaired) electrons. The van der Waals surface area contributed by atoms with Crippen molar-refractivity contribution in [2.45, 2.75) is 32.6 Å². The van der Waals surface area contributed by atoms with E-state index in [0.717, 1.165) is 34.8 Å². The van der Waals surface area contributed by atoms with Crippen molar-refractivity contribution in [2.24, 2.45) is 29.1 Å². The van der Waals surface area contributed by atoms with Crippen LogP contribution in [-0.2, 0) is 4.79 Å². The molecule has 2 N–H and O–H groups in total. The molecule has 4 aliphatic rings. The second kappa shape index (κ2) is 6.10. The second-order valence-electron chi connectivity index (χ2n) is 9.81. The molecule has 4 aliphatic carbocycles. The maximum atomic E-state index is 11.0. The van der Waals surface area contributed by atoms with Gasteiger partial charge in [-0.3, -0.25) is 0 Å². The van der Waals surface area contributed by atoms with Crippen LogP contribution in [0.5, 0.6) is 5.75 Å². The number of hydrogen-bond acceptors (Lipinski definition) is 2. The molecule has 2 aromatic rings. The summed E-state index contributed by atoms with van der Waals surface area (Å²) < 4.78 is 0. The van der Waals surface area contributed by atoms with Crippen LogP contribution >= 0.6 is 0 Å². The second-order valence-corrected chi connectivity index (χ2v) is 9.81. The molecule has 1 spiro atoms. The molecule has 6 rings (SSSR count). The molecule has 2 aromatic carbocycles. The Balaban J connectivity index is 1.45. The first-order valence-electron chi connectivity index (χ1n) is 11.0. The predicted molar refractivity (Wildman–Crippen MR) is 117 cm³/mol. The SMILES string of the molecule is C/C(=C\C(=O)O)c1ccc(/C(=C2\C3CC4CC5CC2C53C4)c2ccc(O)cc2)cc1. The Kier molecular flexibility index (Phi) is 3.66. The van der Waals surface area contributed by atoms with Gasteiger partial charge in [0.25, 0.3) is 0 Å². The number of carboxylic acids is 1. The normalized spacial score (nSPS) is 34.8. The Hall–Kier alpha value is -2.81. The van der Waals surface area contributed by atoms with E-state index in [1.54, 1.807) is 17.7 Å². The molecular formula is C27H26O3. The number of hydrogen-bond donors (Lipinski definition) is 2. The summed E-state index contributed by atoms with van der Waals surface area (Å²) in [5.74, 6) is 2.73. The summed E-state index contributed by atoms with van der Waals surface area (Å²) in [6.45, 7) is 1.84. The highest BCUT2D eigenvalue weighted by Crippen LogP contribution is 2.83. The van der Waals surface area contributed by atoms with Crippen LogP contribution in [0.25, 0.3) is 11.1 Å². The van der Waals surface area contributed by atoms with Crippen molar-refractivity contribution in [1.29, 1.82) is 0 Å². The summed E-state index contributed by atoms with van der Waals surface area (Å²) in [7, 11) is 0. The number of aromatic hydroxyl groups is 1. The molecule has 4 fully saturated rings. The average Bonchev–Trinajstić information content (AvgIpc) is 3.23. The fourth-order valence-corrected chi connectivity index (χ4v) is 7.48. The number of benzene rings is 2. The van der Waals surface area contributed by atoms with E-state index in [0.29, 0.717) is 11.2 Å². The third kappa shape index (κ3) is 2.29. The Morgan fingerprint density at radius 2 is 1.53 bits per heavy atom. The third-order valence-electron chi connectivity index (χ3n) is 8.57. The number of rotatable bonds is 4. The smallest absolute Gasteiger partial charge is 0.328 e. The summed E-state index contributed by atoms with van der Waals surface area (Å²) in [5.41, 5.74) is 7.66. The largest absolute Gasteiger partial charge is 0.508 e. The molecule has 2 bridgehead atoms. The highest BCUT2D eigenvalue weighted by Gasteiger charge is 2.75. The molecular weight excluding hydrogens is 372 g/mol. The van der Waals surface area contributed by atoms with Gasteiger partial charge in [-0.25, -0.2) is 4.79 Å². The maximum Gasteiger partial charge on any atom is 0.328 e. The molecule has 5 unspecified atom stereocenters. The van der Waals surface area contributed by atoms with E-state index in [2.05, 4.69) is 12.1 Å². The minimum Gasteiger partial charge on any atom is -0.508 e. The number of aliphatic carboxylic acids is 1. The van der Waals surface area contributed by atoms with Crippen molar-refractivity contribution in [3.63, 3.8) is 0 Å². The molecule has 0 amide bonds. The van der Waals surface area contributed by atoms with Crippen LogP contribution in [0.4, 0.5) is 0 Å². The number of carbonyl (C=O) groups is 1. The summed E-state index contributed by atoms with van der Waals surface area (Å²) in [6.07, 6.45) is 6.86. The molecule has 0 aromatic heterocycles. The van der Waals surface area contributed by atoms with Gasteiger partial charge >= 0.3 is 5.97 Å². The Labute approximate surface area is 176 Å². The quantitative estimate of drug-likeness (QED) is 0.645. The van der Waals surface area contributed by atoms with Crippen LogP contribution in [0.3, 0.4) is 0 Å². The topological polar surface area (TPSA) is 57.5 Å². The van der Waals surface area contributed by atoms with Crippen molar-refractivity contribution in [1.82, 2.24) is 0 Å². The molecule has 0 saturated heterocycles. The van der Waals surface area contributed by atoms with Crippen LogP contribution in [0.1, 0.15) is 49.3 Å². The minimum atomic E-state index is -0.918. The lowest BCUT2D eigenvalue weighted by atomic mass is 9.35. The summed E-state index contributed by atoms with van der Waals surface area (Å²) in [6, 6.07) is 16.0. The zero-order chi connectivity index (χ0) is 20.6. The van der Waals surface area contributed by atoms with Crippen molar-refractivity contribution in [3.05, 3.63) is 76.9 Å². The van der Waals surface area contributed by atoms with Crippen molar-refractivity contribution >= 4 is 17.1 Å². The molecule has 30 heavy (non-hydrogen) atoms. The van der Waals surface area contributed by atoms with E-state index in [1.165, 1.54) is 48.5 Å². The van der Waals surface area contributed by atoms with Gasteiger partial charge in [-0.1, -0.05) is 42.0 Å². The van der Waals surface area contributed by atoms with Gasteiger partial charge in [0.05, 0.1) is 0 Å². The Morgan fingerprint density at radius 3 is 2.17 bits per heavy atom. The van der Waals surface area contributed by atoms with Gasteiger partial charge in [0, 0.05) is 6.08 Å². The van der Waals surface area contributed by atoms with Gasteiger partial charge in [-0.15, -0.1) is 0 Å². The van der Waals surface area contributed by atoms with Crippen LogP contribution in [0.2, 0.25) is 0 Å². The molecule has 5 atom stereocenters. The number of allylic oxidation sites excluding steroid dienone is 2. The number of phenols is 1. The van der Waals surface area contributed by atoms with E-state index < -0.39 is 5.97 Å². The third-order valence-corrected chi connectivity index (χ3v) is 8.57. The van der Waals surface area contributed by atoms with Crippen LogP contribution < -0.4 is 0 Å². The number of fused-ring (bicyclic) bond motifs is 1. The Bertz CT molecular complexity index is 1110. The molecule has 0 aliphatic heterocycles. The summed E-state index contributed by atoms with van der Waals surface area (Å²) >= 11 is 0. The van der Waals surface area contributed by atoms with E-state index >= 15 is 0 Å². The minimum absolute atomic E-state index is 0.293. The highest BCUT2D eigenvalue weighted by atomic mass is 16.4. The summed E-state index contributed by atoms with van der Waals surface area (Å²) in [4.78, 5) is 11.0. The van der Waals surface area contributed by atoms with Crippen LogP contribution in [0, 0.1) is 29.1 Å². The lowest BCUT2D eigenvalue weighted by Gasteiger charge is -2.68. The standard InChI is InChI=1S/C27H26O3/c1-15(10-24(29)30)17-2-4-18(5-3-17)25(19-6-8-21(28)9-7-19)26-22-12-16-11-20-13-23(26)27(20,22)14-16/h2-10,16,20,22-23,28H,11-14H2,1H3,(H,29,30)/b15-10+,26-25-. The molecule has 3 heteroatoms. The van der Waals surface area contributed by atoms with Gasteiger partial charge in [0.15, 0.2) is 0 Å². The number of carboxylic acid groups (broad SMARTS) is 1. The average molecular weight is 399 g/mol. The molecule has 4 saturated carbocycles. The van der Waals surface area contributed by atoms with Crippen molar-refractivity contribution < 1.29 is 15.0 Å².